The largest absolute Gasteiger partial charge is 0.346 e. The van der Waals surface area contributed by atoms with Crippen molar-refractivity contribution < 1.29 is 4.79 Å². The predicted octanol–water partition coefficient (Wildman–Crippen LogP) is 2.94. The number of pyridine rings is 1. The van der Waals surface area contributed by atoms with E-state index in [1.807, 2.05) is 19.1 Å². The minimum Gasteiger partial charge on any atom is -0.346 e. The van der Waals surface area contributed by atoms with E-state index < -0.39 is 0 Å². The molecule has 2 aromatic heterocycles. The van der Waals surface area contributed by atoms with Crippen molar-refractivity contribution in [2.24, 2.45) is 0 Å². The van der Waals surface area contributed by atoms with Gasteiger partial charge in [0.05, 0.1) is 6.54 Å². The van der Waals surface area contributed by atoms with Crippen LogP contribution in [-0.2, 0) is 13.0 Å². The molecule has 0 aliphatic rings. The minimum atomic E-state index is -0.120. The molecule has 0 aromatic carbocycles. The molecule has 0 atom stereocenters. The van der Waals surface area contributed by atoms with Crippen LogP contribution in [0.3, 0.4) is 0 Å². The Bertz CT molecular complexity index is 548. The first-order valence-corrected chi connectivity index (χ1v) is 6.80. The fourth-order valence-corrected chi connectivity index (χ4v) is 2.53. The van der Waals surface area contributed by atoms with Gasteiger partial charge in [-0.1, -0.05) is 13.0 Å². The third-order valence-corrected chi connectivity index (χ3v) is 3.84. The monoisotopic (exact) mass is 260 g/mol. The van der Waals surface area contributed by atoms with Crippen LogP contribution >= 0.6 is 11.3 Å². The standard InChI is InChI=1S/C14H16N2OS/c1-3-11-7-8-12(18-11)9-15-14(17)13-6-4-5-10(2)16-13/h4-8H,3,9H2,1-2H3,(H,15,17). The number of carbonyl (C=O) groups excluding carboxylic acids is 1. The van der Waals surface area contributed by atoms with Gasteiger partial charge in [0, 0.05) is 15.4 Å². The Morgan fingerprint density at radius 3 is 2.72 bits per heavy atom. The Kier molecular flexibility index (Phi) is 4.10. The molecular formula is C14H16N2OS. The average molecular weight is 260 g/mol. The van der Waals surface area contributed by atoms with Gasteiger partial charge in [0.2, 0.25) is 0 Å². The molecule has 3 nitrogen and oxygen atoms in total. The van der Waals surface area contributed by atoms with Gasteiger partial charge in [-0.25, -0.2) is 4.98 Å². The van der Waals surface area contributed by atoms with E-state index in [-0.39, 0.29) is 5.91 Å². The van der Waals surface area contributed by atoms with E-state index in [4.69, 9.17) is 0 Å². The van der Waals surface area contributed by atoms with Gasteiger partial charge in [0.1, 0.15) is 5.69 Å². The Hall–Kier alpha value is -1.68. The molecule has 18 heavy (non-hydrogen) atoms. The second kappa shape index (κ2) is 5.78. The number of nitrogens with one attached hydrogen (secondary N) is 1. The van der Waals surface area contributed by atoms with Crippen molar-refractivity contribution in [1.29, 1.82) is 0 Å². The smallest absolute Gasteiger partial charge is 0.270 e. The summed E-state index contributed by atoms with van der Waals surface area (Å²) >= 11 is 1.74. The van der Waals surface area contributed by atoms with Crippen molar-refractivity contribution >= 4 is 17.2 Å². The summed E-state index contributed by atoms with van der Waals surface area (Å²) in [6.07, 6.45) is 1.04. The van der Waals surface area contributed by atoms with Gasteiger partial charge in [0.15, 0.2) is 0 Å². The van der Waals surface area contributed by atoms with Gasteiger partial charge < -0.3 is 5.32 Å². The predicted molar refractivity (Wildman–Crippen MR) is 73.8 cm³/mol. The van der Waals surface area contributed by atoms with E-state index >= 15 is 0 Å². The van der Waals surface area contributed by atoms with E-state index in [0.717, 1.165) is 12.1 Å². The van der Waals surface area contributed by atoms with Crippen molar-refractivity contribution in [1.82, 2.24) is 10.3 Å². The molecule has 0 bridgehead atoms. The lowest BCUT2D eigenvalue weighted by molar-refractivity contribution is 0.0946. The van der Waals surface area contributed by atoms with Crippen LogP contribution in [0.1, 0.15) is 32.9 Å². The number of amides is 1. The van der Waals surface area contributed by atoms with Crippen molar-refractivity contribution in [3.8, 4) is 0 Å². The van der Waals surface area contributed by atoms with E-state index in [2.05, 4.69) is 29.4 Å². The maximum Gasteiger partial charge on any atom is 0.270 e. The zero-order chi connectivity index (χ0) is 13.0. The highest BCUT2D eigenvalue weighted by molar-refractivity contribution is 7.11. The van der Waals surface area contributed by atoms with Crippen LogP contribution in [0.2, 0.25) is 0 Å². The highest BCUT2D eigenvalue weighted by Crippen LogP contribution is 2.16. The lowest BCUT2D eigenvalue weighted by Crippen LogP contribution is -2.23. The molecule has 2 heterocycles. The molecule has 2 rings (SSSR count). The molecule has 0 unspecified atom stereocenters. The number of nitrogens with zero attached hydrogens (tertiary/aromatic N) is 1. The number of hydrogen-bond donors (Lipinski definition) is 1. The third kappa shape index (κ3) is 3.17. The fourth-order valence-electron chi connectivity index (χ4n) is 1.63. The zero-order valence-corrected chi connectivity index (χ0v) is 11.4. The van der Waals surface area contributed by atoms with Crippen LogP contribution in [0.15, 0.2) is 30.3 Å². The van der Waals surface area contributed by atoms with Crippen LogP contribution in [0, 0.1) is 6.92 Å². The highest BCUT2D eigenvalue weighted by atomic mass is 32.1. The number of hydrogen-bond acceptors (Lipinski definition) is 3. The quantitative estimate of drug-likeness (QED) is 0.918. The first kappa shape index (κ1) is 12.8. The van der Waals surface area contributed by atoms with E-state index in [1.54, 1.807) is 17.4 Å². The Balaban J connectivity index is 1.96. The van der Waals surface area contributed by atoms with Crippen LogP contribution in [0.25, 0.3) is 0 Å². The molecule has 0 fully saturated rings. The van der Waals surface area contributed by atoms with E-state index in [1.165, 1.54) is 9.75 Å². The van der Waals surface area contributed by atoms with Gasteiger partial charge in [0.25, 0.3) is 5.91 Å². The summed E-state index contributed by atoms with van der Waals surface area (Å²) in [5.74, 6) is -0.120. The molecular weight excluding hydrogens is 244 g/mol. The van der Waals surface area contributed by atoms with Gasteiger partial charge in [-0.05, 0) is 37.6 Å². The Labute approximate surface area is 111 Å². The minimum absolute atomic E-state index is 0.120. The maximum atomic E-state index is 11.9. The summed E-state index contributed by atoms with van der Waals surface area (Å²) in [6, 6.07) is 9.62. The van der Waals surface area contributed by atoms with Crippen LogP contribution < -0.4 is 5.32 Å². The molecule has 0 saturated carbocycles. The SMILES string of the molecule is CCc1ccc(CNC(=O)c2cccc(C)n2)s1. The second-order valence-corrected chi connectivity index (χ2v) is 5.32. The molecule has 4 heteroatoms. The normalized spacial score (nSPS) is 10.3. The molecule has 0 saturated heterocycles. The fraction of sp³-hybridized carbons (Fsp3) is 0.286. The molecule has 0 spiro atoms. The van der Waals surface area contributed by atoms with Crippen molar-refractivity contribution in [3.63, 3.8) is 0 Å². The first-order valence-electron chi connectivity index (χ1n) is 5.98. The Morgan fingerprint density at radius 2 is 2.06 bits per heavy atom. The Morgan fingerprint density at radius 1 is 1.28 bits per heavy atom. The summed E-state index contributed by atoms with van der Waals surface area (Å²) in [7, 11) is 0. The number of thiophene rings is 1. The lowest BCUT2D eigenvalue weighted by atomic mass is 10.3. The van der Waals surface area contributed by atoms with Crippen molar-refractivity contribution in [3.05, 3.63) is 51.5 Å². The third-order valence-electron chi connectivity index (χ3n) is 2.61. The first-order chi connectivity index (χ1) is 8.69. The van der Waals surface area contributed by atoms with Crippen LogP contribution in [-0.4, -0.2) is 10.9 Å². The molecule has 0 radical (unpaired) electrons. The molecule has 0 aliphatic heterocycles. The summed E-state index contributed by atoms with van der Waals surface area (Å²) in [4.78, 5) is 18.6. The highest BCUT2D eigenvalue weighted by Gasteiger charge is 2.07. The molecule has 0 aliphatic carbocycles. The van der Waals surface area contributed by atoms with Crippen LogP contribution in [0.4, 0.5) is 0 Å². The average Bonchev–Trinajstić information content (AvgIpc) is 2.84. The summed E-state index contributed by atoms with van der Waals surface area (Å²) < 4.78 is 0. The number of carbonyl (C=O) groups is 1. The maximum absolute atomic E-state index is 11.9. The van der Waals surface area contributed by atoms with Gasteiger partial charge in [-0.15, -0.1) is 11.3 Å². The second-order valence-electron chi connectivity index (χ2n) is 4.07. The molecule has 1 amide bonds. The molecule has 1 N–H and O–H groups in total. The van der Waals surface area contributed by atoms with E-state index in [0.29, 0.717) is 12.2 Å². The van der Waals surface area contributed by atoms with Gasteiger partial charge in [-0.3, -0.25) is 4.79 Å². The molecule has 94 valence electrons. The van der Waals surface area contributed by atoms with Gasteiger partial charge in [-0.2, -0.15) is 0 Å². The summed E-state index contributed by atoms with van der Waals surface area (Å²) in [6.45, 7) is 4.58. The molecule has 2 aromatic rings. The van der Waals surface area contributed by atoms with Crippen LogP contribution in [0.5, 0.6) is 0 Å². The van der Waals surface area contributed by atoms with Crippen molar-refractivity contribution in [2.45, 2.75) is 26.8 Å². The number of aromatic nitrogens is 1. The van der Waals surface area contributed by atoms with E-state index in [9.17, 15) is 4.79 Å². The summed E-state index contributed by atoms with van der Waals surface area (Å²) in [5.41, 5.74) is 1.33. The van der Waals surface area contributed by atoms with Gasteiger partial charge >= 0.3 is 0 Å². The number of rotatable bonds is 4. The topological polar surface area (TPSA) is 42.0 Å². The van der Waals surface area contributed by atoms with Crippen molar-refractivity contribution in [2.75, 3.05) is 0 Å². The number of aryl methyl sites for hydroxylation is 2. The lowest BCUT2D eigenvalue weighted by Gasteiger charge is -2.03. The zero-order valence-electron chi connectivity index (χ0n) is 10.6. The summed E-state index contributed by atoms with van der Waals surface area (Å²) in [5, 5.41) is 2.89.